The van der Waals surface area contributed by atoms with Crippen molar-refractivity contribution >= 4 is 10.9 Å². The summed E-state index contributed by atoms with van der Waals surface area (Å²) in [5, 5.41) is 5.19. The lowest BCUT2D eigenvalue weighted by Crippen LogP contribution is -2.00. The number of hydrogen-bond donors (Lipinski definition) is 2. The van der Waals surface area contributed by atoms with Gasteiger partial charge in [-0.2, -0.15) is 4.98 Å². The van der Waals surface area contributed by atoms with Crippen molar-refractivity contribution in [2.24, 2.45) is 5.73 Å². The maximum atomic E-state index is 5.48. The van der Waals surface area contributed by atoms with Crippen molar-refractivity contribution in [1.82, 2.24) is 15.1 Å². The van der Waals surface area contributed by atoms with E-state index in [9.17, 15) is 0 Å². The first-order valence-electron chi connectivity index (χ1n) is 6.40. The summed E-state index contributed by atoms with van der Waals surface area (Å²) < 4.78 is 5.26. The highest BCUT2D eigenvalue weighted by atomic mass is 16.5. The van der Waals surface area contributed by atoms with Gasteiger partial charge < -0.3 is 15.2 Å². The van der Waals surface area contributed by atoms with E-state index in [2.05, 4.69) is 21.2 Å². The molecule has 5 nitrogen and oxygen atoms in total. The number of H-pyrrole nitrogens is 1. The molecule has 0 saturated carbocycles. The van der Waals surface area contributed by atoms with Crippen molar-refractivity contribution < 1.29 is 4.52 Å². The quantitative estimate of drug-likeness (QED) is 0.751. The average Bonchev–Trinajstić information content (AvgIpc) is 2.99. The Morgan fingerprint density at radius 3 is 3.00 bits per heavy atom. The Bertz CT molecular complexity index is 698. The molecule has 0 aliphatic heterocycles. The predicted molar refractivity (Wildman–Crippen MR) is 73.7 cm³/mol. The van der Waals surface area contributed by atoms with E-state index in [1.807, 2.05) is 25.1 Å². The zero-order valence-electron chi connectivity index (χ0n) is 10.8. The minimum absolute atomic E-state index is 0.629. The predicted octanol–water partition coefficient (Wildman–Crippen LogP) is 2.42. The molecule has 0 aliphatic carbocycles. The summed E-state index contributed by atoms with van der Waals surface area (Å²) in [6, 6.07) is 8.12. The van der Waals surface area contributed by atoms with Gasteiger partial charge in [-0.25, -0.2) is 0 Å². The number of nitrogens with one attached hydrogen (secondary N) is 1. The van der Waals surface area contributed by atoms with Crippen LogP contribution >= 0.6 is 0 Å². The molecule has 0 bridgehead atoms. The molecule has 5 heteroatoms. The largest absolute Gasteiger partial charge is 0.358 e. The smallest absolute Gasteiger partial charge is 0.227 e. The number of aromatic nitrogens is 3. The molecule has 0 radical (unpaired) electrons. The normalized spacial score (nSPS) is 11.3. The second-order valence-corrected chi connectivity index (χ2v) is 4.57. The molecule has 0 saturated heterocycles. The molecule has 0 aliphatic rings. The monoisotopic (exact) mass is 256 g/mol. The summed E-state index contributed by atoms with van der Waals surface area (Å²) in [6.07, 6.45) is 1.58. The topological polar surface area (TPSA) is 80.7 Å². The van der Waals surface area contributed by atoms with Gasteiger partial charge in [0.25, 0.3) is 0 Å². The molecule has 98 valence electrons. The summed E-state index contributed by atoms with van der Waals surface area (Å²) in [5.41, 5.74) is 8.63. The van der Waals surface area contributed by atoms with E-state index < -0.39 is 0 Å². The number of hydrogen-bond acceptors (Lipinski definition) is 4. The number of fused-ring (bicyclic) bond motifs is 1. The lowest BCUT2D eigenvalue weighted by atomic mass is 10.1. The molecule has 0 atom stereocenters. The van der Waals surface area contributed by atoms with Crippen molar-refractivity contribution in [3.8, 4) is 11.4 Å². The van der Waals surface area contributed by atoms with Crippen molar-refractivity contribution in [2.75, 3.05) is 6.54 Å². The summed E-state index contributed by atoms with van der Waals surface area (Å²) in [5.74, 6) is 1.28. The van der Waals surface area contributed by atoms with Crippen LogP contribution in [-0.4, -0.2) is 21.7 Å². The summed E-state index contributed by atoms with van der Waals surface area (Å²) in [4.78, 5) is 7.78. The van der Waals surface area contributed by atoms with Crippen LogP contribution in [0.2, 0.25) is 0 Å². The van der Waals surface area contributed by atoms with Crippen LogP contribution in [0.25, 0.3) is 22.3 Å². The fourth-order valence-electron chi connectivity index (χ4n) is 2.28. The summed E-state index contributed by atoms with van der Waals surface area (Å²) >= 11 is 0. The highest BCUT2D eigenvalue weighted by molar-refractivity contribution is 5.95. The molecule has 3 rings (SSSR count). The van der Waals surface area contributed by atoms with Gasteiger partial charge in [-0.3, -0.25) is 0 Å². The second-order valence-electron chi connectivity index (χ2n) is 4.57. The number of aromatic amines is 1. The van der Waals surface area contributed by atoms with Crippen LogP contribution in [0.15, 0.2) is 28.8 Å². The van der Waals surface area contributed by atoms with Crippen LogP contribution < -0.4 is 5.73 Å². The number of benzene rings is 1. The van der Waals surface area contributed by atoms with Crippen molar-refractivity contribution in [2.45, 2.75) is 19.8 Å². The van der Waals surface area contributed by atoms with Crippen molar-refractivity contribution in [1.29, 1.82) is 0 Å². The molecular formula is C14H16N4O. The molecule has 2 heterocycles. The van der Waals surface area contributed by atoms with Gasteiger partial charge in [0.15, 0.2) is 0 Å². The van der Waals surface area contributed by atoms with Crippen molar-refractivity contribution in [3.05, 3.63) is 35.9 Å². The molecule has 0 unspecified atom stereocenters. The van der Waals surface area contributed by atoms with Crippen LogP contribution in [0.5, 0.6) is 0 Å². The van der Waals surface area contributed by atoms with E-state index in [1.165, 1.54) is 0 Å². The molecule has 1 aromatic carbocycles. The number of para-hydroxylation sites is 1. The molecule has 19 heavy (non-hydrogen) atoms. The third-order valence-corrected chi connectivity index (χ3v) is 3.18. The Kier molecular flexibility index (Phi) is 3.05. The van der Waals surface area contributed by atoms with Gasteiger partial charge in [-0.05, 0) is 26.0 Å². The van der Waals surface area contributed by atoms with Gasteiger partial charge in [0.05, 0.1) is 5.56 Å². The van der Waals surface area contributed by atoms with E-state index in [1.54, 1.807) is 0 Å². The Hall–Kier alpha value is -2.14. The van der Waals surface area contributed by atoms with Crippen molar-refractivity contribution in [3.63, 3.8) is 0 Å². The van der Waals surface area contributed by atoms with Crippen LogP contribution in [0.1, 0.15) is 18.0 Å². The van der Waals surface area contributed by atoms with Crippen LogP contribution in [0.4, 0.5) is 0 Å². The number of aryl methyl sites for hydroxylation is 2. The van der Waals surface area contributed by atoms with E-state index in [0.29, 0.717) is 18.3 Å². The first-order chi connectivity index (χ1) is 9.29. The van der Waals surface area contributed by atoms with E-state index in [-0.39, 0.29) is 0 Å². The van der Waals surface area contributed by atoms with Gasteiger partial charge in [0, 0.05) is 23.0 Å². The van der Waals surface area contributed by atoms with Gasteiger partial charge in [-0.1, -0.05) is 23.4 Å². The number of nitrogens with two attached hydrogens (primary N) is 1. The Balaban J connectivity index is 2.04. The summed E-state index contributed by atoms with van der Waals surface area (Å²) in [7, 11) is 0. The molecule has 3 N–H and O–H groups in total. The average molecular weight is 256 g/mol. The third-order valence-electron chi connectivity index (χ3n) is 3.18. The first kappa shape index (κ1) is 11.9. The fourth-order valence-corrected chi connectivity index (χ4v) is 2.28. The summed E-state index contributed by atoms with van der Waals surface area (Å²) in [6.45, 7) is 2.65. The maximum Gasteiger partial charge on any atom is 0.227 e. The molecule has 0 spiro atoms. The molecular weight excluding hydrogens is 240 g/mol. The van der Waals surface area contributed by atoms with E-state index >= 15 is 0 Å². The Morgan fingerprint density at radius 2 is 2.16 bits per heavy atom. The molecule has 0 amide bonds. The lowest BCUT2D eigenvalue weighted by molar-refractivity contribution is 0.376. The first-order valence-corrected chi connectivity index (χ1v) is 6.40. The van der Waals surface area contributed by atoms with Crippen LogP contribution in [-0.2, 0) is 6.42 Å². The van der Waals surface area contributed by atoms with Gasteiger partial charge in [-0.15, -0.1) is 0 Å². The lowest BCUT2D eigenvalue weighted by Gasteiger charge is -1.93. The Labute approximate surface area is 110 Å². The van der Waals surface area contributed by atoms with E-state index in [4.69, 9.17) is 10.3 Å². The number of nitrogens with zero attached hydrogens (tertiary/aromatic N) is 2. The van der Waals surface area contributed by atoms with E-state index in [0.717, 1.165) is 35.0 Å². The zero-order valence-corrected chi connectivity index (χ0v) is 10.8. The van der Waals surface area contributed by atoms with Crippen LogP contribution in [0.3, 0.4) is 0 Å². The number of rotatable bonds is 4. The third kappa shape index (κ3) is 2.13. The highest BCUT2D eigenvalue weighted by Crippen LogP contribution is 2.29. The zero-order chi connectivity index (χ0) is 13.2. The molecule has 0 fully saturated rings. The minimum atomic E-state index is 0.629. The standard InChI is InChI=1S/C14H16N4O/c1-9-13(10-5-2-3-6-11(10)16-9)14-17-12(19-18-14)7-4-8-15/h2-3,5-6,16H,4,7-8,15H2,1H3. The maximum absolute atomic E-state index is 5.48. The molecule has 3 aromatic rings. The fraction of sp³-hybridized carbons (Fsp3) is 0.286. The van der Waals surface area contributed by atoms with Gasteiger partial charge in [0.1, 0.15) is 0 Å². The van der Waals surface area contributed by atoms with Gasteiger partial charge in [0.2, 0.25) is 11.7 Å². The minimum Gasteiger partial charge on any atom is -0.358 e. The Morgan fingerprint density at radius 1 is 1.32 bits per heavy atom. The second kappa shape index (κ2) is 4.85. The SMILES string of the molecule is Cc1[nH]c2ccccc2c1-c1noc(CCCN)n1. The molecule has 2 aromatic heterocycles. The highest BCUT2D eigenvalue weighted by Gasteiger charge is 2.15. The van der Waals surface area contributed by atoms with Gasteiger partial charge >= 0.3 is 0 Å². The van der Waals surface area contributed by atoms with Crippen LogP contribution in [0, 0.1) is 6.92 Å².